The molecule has 1 unspecified atom stereocenters. The smallest absolute Gasteiger partial charge is 0.331 e. The number of nitrogens with two attached hydrogens (primary N) is 1. The number of primary amides is 1. The van der Waals surface area contributed by atoms with Crippen molar-refractivity contribution in [3.63, 3.8) is 0 Å². The van der Waals surface area contributed by atoms with Crippen LogP contribution in [-0.4, -0.2) is 29.0 Å². The molecule has 2 aromatic rings. The molecule has 1 aromatic heterocycles. The van der Waals surface area contributed by atoms with Crippen LogP contribution in [0.3, 0.4) is 0 Å². The van der Waals surface area contributed by atoms with Crippen LogP contribution in [0, 0.1) is 5.92 Å². The molecular weight excluding hydrogens is 322 g/mol. The molecule has 3 N–H and O–H groups in total. The molecular formula is C18H19N3O4. The lowest BCUT2D eigenvalue weighted by Gasteiger charge is -2.18. The number of hydrogen-bond donors (Lipinski definition) is 2. The van der Waals surface area contributed by atoms with Gasteiger partial charge in [0.25, 0.3) is 5.91 Å². The van der Waals surface area contributed by atoms with Crippen LogP contribution < -0.4 is 11.1 Å². The molecule has 0 aliphatic rings. The topological polar surface area (TPSA) is 111 Å². The van der Waals surface area contributed by atoms with Crippen LogP contribution in [0.25, 0.3) is 17.0 Å². The van der Waals surface area contributed by atoms with E-state index in [9.17, 15) is 14.4 Å². The molecule has 25 heavy (non-hydrogen) atoms. The molecule has 0 saturated heterocycles. The average Bonchev–Trinajstić information content (AvgIpc) is 2.56. The van der Waals surface area contributed by atoms with E-state index in [2.05, 4.69) is 4.98 Å². The number of hydrogen-bond acceptors (Lipinski definition) is 5. The van der Waals surface area contributed by atoms with Gasteiger partial charge in [-0.2, -0.15) is 0 Å². The minimum atomic E-state index is -1.12. The number of nitrogens with zero attached hydrogens (tertiary/aromatic N) is 1. The van der Waals surface area contributed by atoms with Gasteiger partial charge in [0.1, 0.15) is 0 Å². The van der Waals surface area contributed by atoms with Crippen molar-refractivity contribution in [2.75, 3.05) is 0 Å². The molecule has 7 nitrogen and oxygen atoms in total. The lowest BCUT2D eigenvalue weighted by Crippen LogP contribution is -2.45. The molecule has 1 heterocycles. The maximum Gasteiger partial charge on any atom is 0.331 e. The average molecular weight is 341 g/mol. The van der Waals surface area contributed by atoms with Gasteiger partial charge in [-0.25, -0.2) is 14.6 Å². The third kappa shape index (κ3) is 5.13. The number of amides is 3. The first-order valence-electron chi connectivity index (χ1n) is 7.71. The van der Waals surface area contributed by atoms with Gasteiger partial charge >= 0.3 is 12.0 Å². The van der Waals surface area contributed by atoms with Gasteiger partial charge in [0.2, 0.25) is 0 Å². The maximum atomic E-state index is 12.0. The van der Waals surface area contributed by atoms with Gasteiger partial charge in [-0.15, -0.1) is 0 Å². The van der Waals surface area contributed by atoms with E-state index in [0.717, 1.165) is 10.9 Å². The number of fused-ring (bicyclic) bond motifs is 1. The van der Waals surface area contributed by atoms with Crippen LogP contribution in [0.15, 0.2) is 42.5 Å². The van der Waals surface area contributed by atoms with Crippen molar-refractivity contribution in [2.45, 2.75) is 20.0 Å². The minimum Gasteiger partial charge on any atom is -0.449 e. The van der Waals surface area contributed by atoms with Crippen LogP contribution in [0.2, 0.25) is 0 Å². The molecule has 3 amide bonds. The first kappa shape index (κ1) is 18.1. The van der Waals surface area contributed by atoms with Crippen LogP contribution >= 0.6 is 0 Å². The van der Waals surface area contributed by atoms with E-state index in [1.807, 2.05) is 35.6 Å². The quantitative estimate of drug-likeness (QED) is 0.638. The second-order valence-corrected chi connectivity index (χ2v) is 5.72. The van der Waals surface area contributed by atoms with Gasteiger partial charge in [-0.05, 0) is 24.1 Å². The number of imide groups is 1. The monoisotopic (exact) mass is 341 g/mol. The third-order valence-electron chi connectivity index (χ3n) is 3.36. The fourth-order valence-corrected chi connectivity index (χ4v) is 2.18. The number of carbonyl (C=O) groups is 3. The number of esters is 1. The van der Waals surface area contributed by atoms with Crippen molar-refractivity contribution in [1.82, 2.24) is 10.3 Å². The van der Waals surface area contributed by atoms with Crippen LogP contribution in [-0.2, 0) is 14.3 Å². The molecule has 0 saturated carbocycles. The van der Waals surface area contributed by atoms with Crippen molar-refractivity contribution >= 4 is 34.9 Å². The molecule has 2 rings (SSSR count). The van der Waals surface area contributed by atoms with E-state index in [1.54, 1.807) is 19.9 Å². The highest BCUT2D eigenvalue weighted by Crippen LogP contribution is 2.13. The Bertz CT molecular complexity index is 830. The Morgan fingerprint density at radius 3 is 2.56 bits per heavy atom. The summed E-state index contributed by atoms with van der Waals surface area (Å²) < 4.78 is 5.11. The Morgan fingerprint density at radius 1 is 1.16 bits per heavy atom. The van der Waals surface area contributed by atoms with Crippen molar-refractivity contribution in [3.8, 4) is 0 Å². The first-order chi connectivity index (χ1) is 11.9. The van der Waals surface area contributed by atoms with Gasteiger partial charge in [0.15, 0.2) is 6.10 Å². The van der Waals surface area contributed by atoms with E-state index in [-0.39, 0.29) is 5.92 Å². The summed E-state index contributed by atoms with van der Waals surface area (Å²) in [6.07, 6.45) is 1.57. The van der Waals surface area contributed by atoms with Gasteiger partial charge in [-0.3, -0.25) is 10.1 Å². The molecule has 0 aliphatic carbocycles. The molecule has 0 aliphatic heterocycles. The summed E-state index contributed by atoms with van der Waals surface area (Å²) in [6.45, 7) is 3.38. The Hall–Kier alpha value is -3.22. The lowest BCUT2D eigenvalue weighted by atomic mass is 10.1. The summed E-state index contributed by atoms with van der Waals surface area (Å²) in [5.74, 6) is -1.79. The number of ether oxygens (including phenoxy) is 1. The van der Waals surface area contributed by atoms with E-state index < -0.39 is 24.0 Å². The number of urea groups is 1. The van der Waals surface area contributed by atoms with E-state index in [1.165, 1.54) is 12.2 Å². The van der Waals surface area contributed by atoms with Gasteiger partial charge < -0.3 is 10.5 Å². The van der Waals surface area contributed by atoms with E-state index in [4.69, 9.17) is 10.5 Å². The van der Waals surface area contributed by atoms with Crippen molar-refractivity contribution in [3.05, 3.63) is 48.2 Å². The zero-order chi connectivity index (χ0) is 18.4. The summed E-state index contributed by atoms with van der Waals surface area (Å²) in [5.41, 5.74) is 6.29. The predicted octanol–water partition coefficient (Wildman–Crippen LogP) is 2.01. The molecule has 130 valence electrons. The van der Waals surface area contributed by atoms with Gasteiger partial charge in [0.05, 0.1) is 11.2 Å². The SMILES string of the molecule is CC(C)C(OC(=O)/C=C/c1ccc2ccccc2n1)C(=O)NC(N)=O. The normalized spacial score (nSPS) is 12.3. The lowest BCUT2D eigenvalue weighted by molar-refractivity contribution is -0.153. The fourth-order valence-electron chi connectivity index (χ4n) is 2.18. The van der Waals surface area contributed by atoms with Crippen molar-refractivity contribution in [1.29, 1.82) is 0 Å². The Kier molecular flexibility index (Phi) is 5.84. The Balaban J connectivity index is 2.06. The third-order valence-corrected chi connectivity index (χ3v) is 3.36. The Morgan fingerprint density at radius 2 is 1.88 bits per heavy atom. The summed E-state index contributed by atoms with van der Waals surface area (Å²) in [6, 6.07) is 10.3. The molecule has 1 aromatic carbocycles. The largest absolute Gasteiger partial charge is 0.449 e. The molecule has 7 heteroatoms. The molecule has 1 atom stereocenters. The standard InChI is InChI=1S/C18H19N3O4/c1-11(2)16(17(23)21-18(19)24)25-15(22)10-9-13-8-7-12-5-3-4-6-14(12)20-13/h3-11,16H,1-2H3,(H3,19,21,23,24)/b10-9+. The summed E-state index contributed by atoms with van der Waals surface area (Å²) in [7, 11) is 0. The first-order valence-corrected chi connectivity index (χ1v) is 7.71. The highest BCUT2D eigenvalue weighted by Gasteiger charge is 2.26. The summed E-state index contributed by atoms with van der Waals surface area (Å²) >= 11 is 0. The summed E-state index contributed by atoms with van der Waals surface area (Å²) in [5, 5.41) is 2.90. The second-order valence-electron chi connectivity index (χ2n) is 5.72. The van der Waals surface area contributed by atoms with Crippen LogP contribution in [0.5, 0.6) is 0 Å². The van der Waals surface area contributed by atoms with E-state index >= 15 is 0 Å². The van der Waals surface area contributed by atoms with Crippen LogP contribution in [0.1, 0.15) is 19.5 Å². The number of carbonyl (C=O) groups excluding carboxylic acids is 3. The van der Waals surface area contributed by atoms with Crippen molar-refractivity contribution < 1.29 is 19.1 Å². The number of para-hydroxylation sites is 1. The fraction of sp³-hybridized carbons (Fsp3) is 0.222. The zero-order valence-electron chi connectivity index (χ0n) is 13.9. The summed E-state index contributed by atoms with van der Waals surface area (Å²) in [4.78, 5) is 38.9. The minimum absolute atomic E-state index is 0.324. The predicted molar refractivity (Wildman–Crippen MR) is 93.2 cm³/mol. The Labute approximate surface area is 144 Å². The second kappa shape index (κ2) is 8.05. The molecule has 0 radical (unpaired) electrons. The highest BCUT2D eigenvalue weighted by molar-refractivity contribution is 5.97. The van der Waals surface area contributed by atoms with Gasteiger partial charge in [0, 0.05) is 11.5 Å². The number of benzene rings is 1. The highest BCUT2D eigenvalue weighted by atomic mass is 16.5. The van der Waals surface area contributed by atoms with Crippen molar-refractivity contribution in [2.24, 2.45) is 11.7 Å². The van der Waals surface area contributed by atoms with Gasteiger partial charge in [-0.1, -0.05) is 38.1 Å². The number of pyridine rings is 1. The van der Waals surface area contributed by atoms with E-state index in [0.29, 0.717) is 5.69 Å². The molecule has 0 bridgehead atoms. The number of nitrogens with one attached hydrogen (secondary N) is 1. The maximum absolute atomic E-state index is 12.0. The zero-order valence-corrected chi connectivity index (χ0v) is 13.9. The molecule has 0 fully saturated rings. The molecule has 0 spiro atoms. The van der Waals surface area contributed by atoms with Crippen LogP contribution in [0.4, 0.5) is 4.79 Å². The number of aromatic nitrogens is 1. The number of rotatable bonds is 5.